The van der Waals surface area contributed by atoms with Gasteiger partial charge in [-0.15, -0.1) is 0 Å². The van der Waals surface area contributed by atoms with E-state index in [-0.39, 0.29) is 0 Å². The lowest BCUT2D eigenvalue weighted by molar-refractivity contribution is 0.331. The van der Waals surface area contributed by atoms with Crippen LogP contribution in [0.2, 0.25) is 0 Å². The molecule has 0 spiro atoms. The Morgan fingerprint density at radius 2 is 1.43 bits per heavy atom. The van der Waals surface area contributed by atoms with Crippen molar-refractivity contribution in [3.63, 3.8) is 0 Å². The van der Waals surface area contributed by atoms with Gasteiger partial charge in [0.05, 0.1) is 0 Å². The molecular formula is C14H28. The SMILES string of the molecule is CCCCCC1(C)C(C)C1(C)CCC. The first-order valence-corrected chi connectivity index (χ1v) is 6.53. The zero-order valence-corrected chi connectivity index (χ0v) is 10.8. The molecule has 84 valence electrons. The summed E-state index contributed by atoms with van der Waals surface area (Å²) in [5.41, 5.74) is 1.33. The third-order valence-corrected chi connectivity index (χ3v) is 5.20. The molecule has 0 bridgehead atoms. The van der Waals surface area contributed by atoms with Gasteiger partial charge in [-0.25, -0.2) is 0 Å². The lowest BCUT2D eigenvalue weighted by Gasteiger charge is -2.17. The van der Waals surface area contributed by atoms with Crippen molar-refractivity contribution in [3.8, 4) is 0 Å². The summed E-state index contributed by atoms with van der Waals surface area (Å²) in [4.78, 5) is 0. The van der Waals surface area contributed by atoms with E-state index < -0.39 is 0 Å². The molecule has 1 aliphatic carbocycles. The smallest absolute Gasteiger partial charge is 0.0238 e. The van der Waals surface area contributed by atoms with Crippen molar-refractivity contribution in [3.05, 3.63) is 0 Å². The molecular weight excluding hydrogens is 168 g/mol. The first kappa shape index (κ1) is 12.1. The molecule has 3 atom stereocenters. The van der Waals surface area contributed by atoms with Crippen molar-refractivity contribution in [2.75, 3.05) is 0 Å². The molecule has 0 N–H and O–H groups in total. The van der Waals surface area contributed by atoms with Gasteiger partial charge in [0, 0.05) is 0 Å². The number of unbranched alkanes of at least 4 members (excludes halogenated alkanes) is 2. The summed E-state index contributed by atoms with van der Waals surface area (Å²) in [7, 11) is 0. The van der Waals surface area contributed by atoms with E-state index in [4.69, 9.17) is 0 Å². The quantitative estimate of drug-likeness (QED) is 0.523. The normalized spacial score (nSPS) is 41.4. The van der Waals surface area contributed by atoms with Gasteiger partial charge >= 0.3 is 0 Å². The van der Waals surface area contributed by atoms with Crippen LogP contribution in [0, 0.1) is 16.7 Å². The van der Waals surface area contributed by atoms with Gasteiger partial charge in [0.2, 0.25) is 0 Å². The molecule has 0 aromatic carbocycles. The highest BCUT2D eigenvalue weighted by Crippen LogP contribution is 2.72. The Morgan fingerprint density at radius 3 is 1.93 bits per heavy atom. The van der Waals surface area contributed by atoms with Crippen LogP contribution in [0.5, 0.6) is 0 Å². The van der Waals surface area contributed by atoms with Crippen molar-refractivity contribution in [2.24, 2.45) is 16.7 Å². The van der Waals surface area contributed by atoms with E-state index in [0.717, 1.165) is 5.92 Å². The van der Waals surface area contributed by atoms with Gasteiger partial charge < -0.3 is 0 Å². The molecule has 0 aromatic rings. The van der Waals surface area contributed by atoms with Gasteiger partial charge in [0.1, 0.15) is 0 Å². The molecule has 3 unspecified atom stereocenters. The van der Waals surface area contributed by atoms with Crippen molar-refractivity contribution in [1.29, 1.82) is 0 Å². The van der Waals surface area contributed by atoms with E-state index in [9.17, 15) is 0 Å². The van der Waals surface area contributed by atoms with Gasteiger partial charge in [0.15, 0.2) is 0 Å². The van der Waals surface area contributed by atoms with Gasteiger partial charge in [-0.2, -0.15) is 0 Å². The highest BCUT2D eigenvalue weighted by molar-refractivity contribution is 5.14. The molecule has 14 heavy (non-hydrogen) atoms. The zero-order valence-electron chi connectivity index (χ0n) is 10.8. The molecule has 0 aliphatic heterocycles. The summed E-state index contributed by atoms with van der Waals surface area (Å²) in [6, 6.07) is 0. The fourth-order valence-corrected chi connectivity index (χ4v) is 3.51. The van der Waals surface area contributed by atoms with Crippen LogP contribution in [0.3, 0.4) is 0 Å². The van der Waals surface area contributed by atoms with Crippen LogP contribution < -0.4 is 0 Å². The first-order valence-electron chi connectivity index (χ1n) is 6.53. The Balaban J connectivity index is 2.43. The lowest BCUT2D eigenvalue weighted by Crippen LogP contribution is -2.07. The van der Waals surface area contributed by atoms with Crippen LogP contribution >= 0.6 is 0 Å². The van der Waals surface area contributed by atoms with Gasteiger partial charge in [0.25, 0.3) is 0 Å². The fraction of sp³-hybridized carbons (Fsp3) is 1.00. The number of rotatable bonds is 6. The standard InChI is InChI=1S/C14H28/c1-6-8-9-11-14(5)12(3)13(14,4)10-7-2/h12H,6-11H2,1-5H3. The number of hydrogen-bond acceptors (Lipinski definition) is 0. The van der Waals surface area contributed by atoms with E-state index >= 15 is 0 Å². The third-order valence-electron chi connectivity index (χ3n) is 5.20. The second-order valence-electron chi connectivity index (χ2n) is 5.76. The molecule has 1 rings (SSSR count). The Morgan fingerprint density at radius 1 is 0.857 bits per heavy atom. The average molecular weight is 196 g/mol. The van der Waals surface area contributed by atoms with E-state index in [1.54, 1.807) is 0 Å². The maximum Gasteiger partial charge on any atom is -0.0238 e. The summed E-state index contributed by atoms with van der Waals surface area (Å²) in [5, 5.41) is 0. The van der Waals surface area contributed by atoms with Crippen molar-refractivity contribution in [2.45, 2.75) is 73.1 Å². The molecule has 0 nitrogen and oxygen atoms in total. The summed E-state index contributed by atoms with van der Waals surface area (Å²) in [6.07, 6.45) is 8.45. The molecule has 1 aliphatic rings. The summed E-state index contributed by atoms with van der Waals surface area (Å²) in [6.45, 7) is 12.1. The van der Waals surface area contributed by atoms with Crippen molar-refractivity contribution >= 4 is 0 Å². The van der Waals surface area contributed by atoms with Gasteiger partial charge in [-0.05, 0) is 29.6 Å². The van der Waals surface area contributed by atoms with Crippen LogP contribution in [0.25, 0.3) is 0 Å². The molecule has 1 fully saturated rings. The second-order valence-corrected chi connectivity index (χ2v) is 5.76. The molecule has 0 aromatic heterocycles. The summed E-state index contributed by atoms with van der Waals surface area (Å²) >= 11 is 0. The molecule has 0 radical (unpaired) electrons. The zero-order chi connectivity index (χ0) is 10.8. The molecule has 0 saturated heterocycles. The Labute approximate surface area is 90.5 Å². The lowest BCUT2D eigenvalue weighted by atomic mass is 9.88. The summed E-state index contributed by atoms with van der Waals surface area (Å²) in [5.74, 6) is 0.951. The largest absolute Gasteiger partial charge is 0.0654 e. The van der Waals surface area contributed by atoms with Crippen LogP contribution in [0.4, 0.5) is 0 Å². The molecule has 1 saturated carbocycles. The minimum absolute atomic E-state index is 0.662. The van der Waals surface area contributed by atoms with Gasteiger partial charge in [-0.3, -0.25) is 0 Å². The van der Waals surface area contributed by atoms with E-state index in [1.165, 1.54) is 38.5 Å². The average Bonchev–Trinajstić information content (AvgIpc) is 2.54. The second kappa shape index (κ2) is 4.24. The Kier molecular flexibility index (Phi) is 3.66. The Bertz CT molecular complexity index is 184. The van der Waals surface area contributed by atoms with E-state index in [2.05, 4.69) is 34.6 Å². The predicted molar refractivity (Wildman–Crippen MR) is 64.4 cm³/mol. The molecule has 0 heterocycles. The first-order chi connectivity index (χ1) is 6.53. The third kappa shape index (κ3) is 1.73. The molecule has 0 heteroatoms. The minimum Gasteiger partial charge on any atom is -0.0654 e. The maximum absolute atomic E-state index is 2.52. The highest BCUT2D eigenvalue weighted by Gasteiger charge is 2.66. The van der Waals surface area contributed by atoms with Crippen molar-refractivity contribution < 1.29 is 0 Å². The molecule has 0 amide bonds. The topological polar surface area (TPSA) is 0 Å². The highest BCUT2D eigenvalue weighted by atomic mass is 14.7. The van der Waals surface area contributed by atoms with Gasteiger partial charge in [-0.1, -0.05) is 60.3 Å². The Hall–Kier alpha value is 0. The predicted octanol–water partition coefficient (Wildman–Crippen LogP) is 5.03. The van der Waals surface area contributed by atoms with Crippen LogP contribution in [0.1, 0.15) is 73.1 Å². The van der Waals surface area contributed by atoms with E-state index in [1.807, 2.05) is 0 Å². The monoisotopic (exact) mass is 196 g/mol. The maximum atomic E-state index is 2.52. The fourth-order valence-electron chi connectivity index (χ4n) is 3.51. The number of hydrogen-bond donors (Lipinski definition) is 0. The van der Waals surface area contributed by atoms with Crippen LogP contribution in [-0.2, 0) is 0 Å². The van der Waals surface area contributed by atoms with E-state index in [0.29, 0.717) is 10.8 Å². The summed E-state index contributed by atoms with van der Waals surface area (Å²) < 4.78 is 0. The van der Waals surface area contributed by atoms with Crippen molar-refractivity contribution in [1.82, 2.24) is 0 Å². The minimum atomic E-state index is 0.662. The van der Waals surface area contributed by atoms with Crippen LogP contribution in [-0.4, -0.2) is 0 Å². The van der Waals surface area contributed by atoms with Crippen LogP contribution in [0.15, 0.2) is 0 Å².